The number of hydrogen-bond donors (Lipinski definition) is 1. The number of nitrogens with one attached hydrogen (secondary N) is 1. The average Bonchev–Trinajstić information content (AvgIpc) is 2.98. The van der Waals surface area contributed by atoms with Crippen molar-refractivity contribution < 1.29 is 4.84 Å². The summed E-state index contributed by atoms with van der Waals surface area (Å²) in [5, 5.41) is 4.07. The normalized spacial score (nSPS) is 17.8. The van der Waals surface area contributed by atoms with Crippen LogP contribution in [0.5, 0.6) is 0 Å². The Morgan fingerprint density at radius 2 is 2.00 bits per heavy atom. The molecule has 1 aliphatic carbocycles. The second-order valence-electron chi connectivity index (χ2n) is 5.94. The summed E-state index contributed by atoms with van der Waals surface area (Å²) in [6.45, 7) is 1.29. The molecule has 124 valence electrons. The Kier molecular flexibility index (Phi) is 5.64. The Hall–Kier alpha value is -1.88. The maximum atomic E-state index is 5.89. The molecule has 0 spiro atoms. The van der Waals surface area contributed by atoms with Crippen molar-refractivity contribution in [3.63, 3.8) is 0 Å². The van der Waals surface area contributed by atoms with E-state index in [0.29, 0.717) is 19.2 Å². The SMILES string of the molecule is CN=C=NCCCON1NN(C2CCCCC2)c2ccccc21. The fourth-order valence-corrected chi connectivity index (χ4v) is 3.18. The van der Waals surface area contributed by atoms with E-state index in [2.05, 4.69) is 44.7 Å². The van der Waals surface area contributed by atoms with Crippen LogP contribution in [0.4, 0.5) is 11.4 Å². The first-order valence-electron chi connectivity index (χ1n) is 8.48. The van der Waals surface area contributed by atoms with Crippen LogP contribution in [0.1, 0.15) is 38.5 Å². The predicted octanol–water partition coefficient (Wildman–Crippen LogP) is 3.19. The van der Waals surface area contributed by atoms with Crippen LogP contribution >= 0.6 is 0 Å². The van der Waals surface area contributed by atoms with Crippen LogP contribution in [-0.2, 0) is 4.84 Å². The zero-order chi connectivity index (χ0) is 15.9. The minimum Gasteiger partial charge on any atom is -0.284 e. The third kappa shape index (κ3) is 3.91. The highest BCUT2D eigenvalue weighted by atomic mass is 16.7. The molecule has 0 aromatic heterocycles. The Bertz CT molecular complexity index is 564. The van der Waals surface area contributed by atoms with Gasteiger partial charge in [-0.05, 0) is 31.4 Å². The first-order chi connectivity index (χ1) is 11.4. The van der Waals surface area contributed by atoms with Gasteiger partial charge in [-0.3, -0.25) is 9.85 Å². The van der Waals surface area contributed by atoms with Crippen molar-refractivity contribution in [3.8, 4) is 0 Å². The molecule has 0 amide bonds. The van der Waals surface area contributed by atoms with Crippen LogP contribution in [0.15, 0.2) is 34.3 Å². The van der Waals surface area contributed by atoms with E-state index in [1.54, 1.807) is 12.2 Å². The van der Waals surface area contributed by atoms with Crippen molar-refractivity contribution in [2.45, 2.75) is 44.6 Å². The third-order valence-corrected chi connectivity index (χ3v) is 4.30. The highest BCUT2D eigenvalue weighted by molar-refractivity contribution is 5.73. The van der Waals surface area contributed by atoms with Gasteiger partial charge in [0.1, 0.15) is 5.69 Å². The van der Waals surface area contributed by atoms with Gasteiger partial charge >= 0.3 is 0 Å². The first kappa shape index (κ1) is 16.0. The second-order valence-corrected chi connectivity index (χ2v) is 5.94. The summed E-state index contributed by atoms with van der Waals surface area (Å²) in [5.41, 5.74) is 5.69. The molecule has 1 N–H and O–H groups in total. The number of benzene rings is 1. The van der Waals surface area contributed by atoms with Gasteiger partial charge in [0, 0.05) is 13.1 Å². The van der Waals surface area contributed by atoms with Crippen LogP contribution in [0.25, 0.3) is 0 Å². The van der Waals surface area contributed by atoms with Gasteiger partial charge in [0.25, 0.3) is 0 Å². The number of hydrogen-bond acceptors (Lipinski definition) is 6. The molecule has 6 nitrogen and oxygen atoms in total. The number of para-hydroxylation sites is 2. The number of anilines is 2. The van der Waals surface area contributed by atoms with Crippen molar-refractivity contribution in [2.75, 3.05) is 30.4 Å². The Balaban J connectivity index is 1.60. The van der Waals surface area contributed by atoms with Crippen LogP contribution in [0.2, 0.25) is 0 Å². The predicted molar refractivity (Wildman–Crippen MR) is 92.6 cm³/mol. The largest absolute Gasteiger partial charge is 0.284 e. The monoisotopic (exact) mass is 315 g/mol. The smallest absolute Gasteiger partial charge is 0.109 e. The van der Waals surface area contributed by atoms with Gasteiger partial charge in [-0.25, -0.2) is 9.98 Å². The fourth-order valence-electron chi connectivity index (χ4n) is 3.18. The molecule has 2 aliphatic rings. The van der Waals surface area contributed by atoms with Crippen LogP contribution < -0.4 is 15.7 Å². The summed E-state index contributed by atoms with van der Waals surface area (Å²) < 4.78 is 0. The minimum absolute atomic E-state index is 0.545. The van der Waals surface area contributed by atoms with Gasteiger partial charge in [-0.1, -0.05) is 31.4 Å². The molecular formula is C17H25N5O. The molecule has 1 saturated carbocycles. The van der Waals surface area contributed by atoms with Gasteiger partial charge in [0.15, 0.2) is 0 Å². The highest BCUT2D eigenvalue weighted by Gasteiger charge is 2.32. The Morgan fingerprint density at radius 1 is 1.22 bits per heavy atom. The molecule has 0 bridgehead atoms. The van der Waals surface area contributed by atoms with E-state index in [-0.39, 0.29) is 0 Å². The molecule has 23 heavy (non-hydrogen) atoms. The minimum atomic E-state index is 0.545. The molecule has 0 radical (unpaired) electrons. The maximum absolute atomic E-state index is 5.89. The molecule has 6 heteroatoms. The zero-order valence-electron chi connectivity index (χ0n) is 13.7. The quantitative estimate of drug-likeness (QED) is 0.647. The molecule has 0 unspecified atom stereocenters. The molecule has 3 rings (SSSR count). The summed E-state index contributed by atoms with van der Waals surface area (Å²) in [4.78, 5) is 13.6. The van der Waals surface area contributed by atoms with E-state index in [0.717, 1.165) is 12.1 Å². The van der Waals surface area contributed by atoms with E-state index < -0.39 is 0 Å². The summed E-state index contributed by atoms with van der Waals surface area (Å²) in [7, 11) is 1.67. The number of aliphatic imine (C=N–C) groups is 2. The van der Waals surface area contributed by atoms with Gasteiger partial charge in [-0.15, -0.1) is 5.53 Å². The number of rotatable bonds is 6. The number of nitrogens with zero attached hydrogens (tertiary/aromatic N) is 4. The number of fused-ring (bicyclic) bond motifs is 1. The molecule has 1 aromatic rings. The Morgan fingerprint density at radius 3 is 2.78 bits per heavy atom. The van der Waals surface area contributed by atoms with E-state index in [4.69, 9.17) is 4.84 Å². The molecule has 0 atom stereocenters. The van der Waals surface area contributed by atoms with Crippen LogP contribution in [0, 0.1) is 0 Å². The lowest BCUT2D eigenvalue weighted by Crippen LogP contribution is -2.50. The summed E-state index contributed by atoms with van der Waals surface area (Å²) >= 11 is 0. The van der Waals surface area contributed by atoms with Gasteiger partial charge in [-0.2, -0.15) is 5.17 Å². The Labute approximate surface area is 137 Å². The standard InChI is InChI=1S/C17H25N5O/c1-18-14-19-12-7-13-23-22-17-11-6-5-10-16(17)21(20-22)15-8-3-2-4-9-15/h5-6,10-11,15,20H,2-4,7-9,12-13H2,1H3. The lowest BCUT2D eigenvalue weighted by molar-refractivity contribution is 0.0828. The van der Waals surface area contributed by atoms with Crippen LogP contribution in [0.3, 0.4) is 0 Å². The zero-order valence-corrected chi connectivity index (χ0v) is 13.7. The lowest BCUT2D eigenvalue weighted by atomic mass is 9.95. The topological polar surface area (TPSA) is 52.5 Å². The molecule has 1 fully saturated rings. The molecule has 1 aliphatic heterocycles. The maximum Gasteiger partial charge on any atom is 0.109 e. The van der Waals surface area contributed by atoms with Crippen molar-refractivity contribution in [3.05, 3.63) is 24.3 Å². The molecule has 0 saturated heterocycles. The average molecular weight is 315 g/mol. The lowest BCUT2D eigenvalue weighted by Gasteiger charge is -2.32. The van der Waals surface area contributed by atoms with Crippen molar-refractivity contribution in [1.29, 1.82) is 0 Å². The van der Waals surface area contributed by atoms with Crippen molar-refractivity contribution >= 4 is 17.4 Å². The van der Waals surface area contributed by atoms with Gasteiger partial charge in [0.2, 0.25) is 0 Å². The summed E-state index contributed by atoms with van der Waals surface area (Å²) in [6, 6.07) is 11.5. The van der Waals surface area contributed by atoms with Crippen LogP contribution in [-0.4, -0.2) is 32.2 Å². The van der Waals surface area contributed by atoms with Gasteiger partial charge in [0.05, 0.1) is 24.8 Å². The second kappa shape index (κ2) is 8.11. The van der Waals surface area contributed by atoms with E-state index in [1.807, 2.05) is 6.07 Å². The molecule has 1 heterocycles. The summed E-state index contributed by atoms with van der Waals surface area (Å²) in [6.07, 6.45) is 7.28. The summed E-state index contributed by atoms with van der Waals surface area (Å²) in [5.74, 6) is 0. The van der Waals surface area contributed by atoms with E-state index in [1.165, 1.54) is 37.8 Å². The molecular weight excluding hydrogens is 290 g/mol. The van der Waals surface area contributed by atoms with E-state index in [9.17, 15) is 0 Å². The first-order valence-corrected chi connectivity index (χ1v) is 8.48. The fraction of sp³-hybridized carbons (Fsp3) is 0.588. The van der Waals surface area contributed by atoms with Gasteiger partial charge < -0.3 is 0 Å². The molecule has 1 aromatic carbocycles. The van der Waals surface area contributed by atoms with Crippen molar-refractivity contribution in [2.24, 2.45) is 9.98 Å². The highest BCUT2D eigenvalue weighted by Crippen LogP contribution is 2.37. The third-order valence-electron chi connectivity index (χ3n) is 4.30. The number of hydrazine groups is 2. The van der Waals surface area contributed by atoms with Crippen molar-refractivity contribution in [1.82, 2.24) is 5.53 Å². The van der Waals surface area contributed by atoms with E-state index >= 15 is 0 Å².